The SMILES string of the molecule is CCCNc1snnc1CN1CC(C)OCC1C. The van der Waals surface area contributed by atoms with Crippen molar-refractivity contribution in [3.63, 3.8) is 0 Å². The van der Waals surface area contributed by atoms with E-state index in [-0.39, 0.29) is 0 Å². The number of hydrogen-bond donors (Lipinski definition) is 1. The van der Waals surface area contributed by atoms with Gasteiger partial charge >= 0.3 is 0 Å². The van der Waals surface area contributed by atoms with Gasteiger partial charge in [0.25, 0.3) is 0 Å². The third-order valence-electron chi connectivity index (χ3n) is 3.18. The van der Waals surface area contributed by atoms with Gasteiger partial charge in [-0.15, -0.1) is 5.10 Å². The molecule has 0 aliphatic carbocycles. The number of morpholine rings is 1. The molecule has 2 heterocycles. The molecule has 1 saturated heterocycles. The first-order valence-corrected chi connectivity index (χ1v) is 7.38. The molecule has 1 aromatic rings. The molecule has 1 aromatic heterocycles. The fourth-order valence-corrected chi connectivity index (χ4v) is 2.67. The molecule has 2 rings (SSSR count). The highest BCUT2D eigenvalue weighted by atomic mass is 32.1. The summed E-state index contributed by atoms with van der Waals surface area (Å²) in [4.78, 5) is 2.42. The Hall–Kier alpha value is -0.720. The van der Waals surface area contributed by atoms with Crippen LogP contribution in [0.2, 0.25) is 0 Å². The first-order valence-electron chi connectivity index (χ1n) is 6.61. The molecule has 0 spiro atoms. The summed E-state index contributed by atoms with van der Waals surface area (Å²) in [6, 6.07) is 0.446. The van der Waals surface area contributed by atoms with Crippen molar-refractivity contribution in [2.45, 2.75) is 45.9 Å². The molecule has 1 aliphatic rings. The lowest BCUT2D eigenvalue weighted by molar-refractivity contribution is -0.0530. The van der Waals surface area contributed by atoms with E-state index < -0.39 is 0 Å². The van der Waals surface area contributed by atoms with Crippen molar-refractivity contribution < 1.29 is 4.74 Å². The highest BCUT2D eigenvalue weighted by Gasteiger charge is 2.25. The van der Waals surface area contributed by atoms with Crippen molar-refractivity contribution in [3.8, 4) is 0 Å². The first kappa shape index (κ1) is 13.7. The molecule has 1 aliphatic heterocycles. The number of hydrogen-bond acceptors (Lipinski definition) is 6. The molecule has 0 bridgehead atoms. The summed E-state index contributed by atoms with van der Waals surface area (Å²) in [5, 5.41) is 8.75. The maximum Gasteiger partial charge on any atom is 0.134 e. The Morgan fingerprint density at radius 1 is 1.50 bits per heavy atom. The number of ether oxygens (including phenoxy) is 1. The van der Waals surface area contributed by atoms with Gasteiger partial charge in [-0.25, -0.2) is 0 Å². The standard InChI is InChI=1S/C12H22N4OS/c1-4-5-13-12-11(14-15-18-12)7-16-6-10(3)17-8-9(16)2/h9-10,13H,4-8H2,1-3H3. The van der Waals surface area contributed by atoms with E-state index in [0.717, 1.165) is 43.4 Å². The van der Waals surface area contributed by atoms with Crippen molar-refractivity contribution in [2.24, 2.45) is 0 Å². The van der Waals surface area contributed by atoms with Crippen LogP contribution in [0.15, 0.2) is 0 Å². The summed E-state index contributed by atoms with van der Waals surface area (Å²) in [7, 11) is 0. The van der Waals surface area contributed by atoms with Crippen molar-refractivity contribution in [2.75, 3.05) is 25.0 Å². The third-order valence-corrected chi connectivity index (χ3v) is 3.91. The second-order valence-corrected chi connectivity index (χ2v) is 5.65. The van der Waals surface area contributed by atoms with Gasteiger partial charge in [0.05, 0.1) is 12.7 Å². The van der Waals surface area contributed by atoms with Crippen LogP contribution in [0.1, 0.15) is 32.9 Å². The third kappa shape index (κ3) is 3.40. The average Bonchev–Trinajstić information content (AvgIpc) is 2.79. The summed E-state index contributed by atoms with van der Waals surface area (Å²) >= 11 is 1.45. The van der Waals surface area contributed by atoms with Crippen LogP contribution < -0.4 is 5.32 Å². The van der Waals surface area contributed by atoms with Gasteiger partial charge < -0.3 is 10.1 Å². The molecule has 0 aromatic carbocycles. The molecule has 2 unspecified atom stereocenters. The molecule has 2 atom stereocenters. The Morgan fingerprint density at radius 3 is 3.11 bits per heavy atom. The monoisotopic (exact) mass is 270 g/mol. The van der Waals surface area contributed by atoms with Crippen LogP contribution >= 0.6 is 11.5 Å². The van der Waals surface area contributed by atoms with E-state index in [1.54, 1.807) is 0 Å². The van der Waals surface area contributed by atoms with E-state index in [9.17, 15) is 0 Å². The molecule has 6 heteroatoms. The van der Waals surface area contributed by atoms with E-state index in [1.165, 1.54) is 11.5 Å². The molecule has 18 heavy (non-hydrogen) atoms. The minimum absolute atomic E-state index is 0.305. The second kappa shape index (κ2) is 6.45. The van der Waals surface area contributed by atoms with Crippen LogP contribution in [0, 0.1) is 0 Å². The van der Waals surface area contributed by atoms with Crippen LogP contribution in [0.5, 0.6) is 0 Å². The minimum Gasteiger partial charge on any atom is -0.376 e. The number of nitrogens with one attached hydrogen (secondary N) is 1. The number of anilines is 1. The zero-order valence-corrected chi connectivity index (χ0v) is 12.2. The van der Waals surface area contributed by atoms with Gasteiger partial charge in [0.2, 0.25) is 0 Å². The lowest BCUT2D eigenvalue weighted by atomic mass is 10.2. The number of aromatic nitrogens is 2. The molecule has 1 N–H and O–H groups in total. The van der Waals surface area contributed by atoms with Gasteiger partial charge in [0.1, 0.15) is 10.7 Å². The van der Waals surface area contributed by atoms with Crippen LogP contribution in [0.4, 0.5) is 5.00 Å². The van der Waals surface area contributed by atoms with Gasteiger partial charge in [-0.1, -0.05) is 11.4 Å². The number of rotatable bonds is 5. The topological polar surface area (TPSA) is 50.3 Å². The van der Waals surface area contributed by atoms with E-state index in [4.69, 9.17) is 4.74 Å². The Balaban J connectivity index is 1.97. The van der Waals surface area contributed by atoms with Crippen molar-refractivity contribution in [3.05, 3.63) is 5.69 Å². The van der Waals surface area contributed by atoms with Gasteiger partial charge in [-0.2, -0.15) is 0 Å². The average molecular weight is 270 g/mol. The van der Waals surface area contributed by atoms with Crippen molar-refractivity contribution in [1.82, 2.24) is 14.5 Å². The second-order valence-electron chi connectivity index (χ2n) is 4.90. The summed E-state index contributed by atoms with van der Waals surface area (Å²) in [5.74, 6) is 0. The summed E-state index contributed by atoms with van der Waals surface area (Å²) in [6.07, 6.45) is 1.42. The lowest BCUT2D eigenvalue weighted by Crippen LogP contribution is -2.46. The molecule has 0 amide bonds. The molecule has 0 saturated carbocycles. The fourth-order valence-electron chi connectivity index (χ4n) is 2.07. The fraction of sp³-hybridized carbons (Fsp3) is 0.833. The predicted octanol–water partition coefficient (Wildman–Crippen LogP) is 1.97. The molecule has 1 fully saturated rings. The lowest BCUT2D eigenvalue weighted by Gasteiger charge is -2.36. The van der Waals surface area contributed by atoms with Crippen molar-refractivity contribution in [1.29, 1.82) is 0 Å². The molecular formula is C12H22N4OS. The molecule has 0 radical (unpaired) electrons. The van der Waals surface area contributed by atoms with E-state index in [1.807, 2.05) is 0 Å². The van der Waals surface area contributed by atoms with Crippen LogP contribution in [0.3, 0.4) is 0 Å². The molecule has 102 valence electrons. The largest absolute Gasteiger partial charge is 0.376 e. The van der Waals surface area contributed by atoms with E-state index in [0.29, 0.717) is 12.1 Å². The summed E-state index contributed by atoms with van der Waals surface area (Å²) in [5.41, 5.74) is 1.06. The Morgan fingerprint density at radius 2 is 2.33 bits per heavy atom. The van der Waals surface area contributed by atoms with Gasteiger partial charge in [0, 0.05) is 37.2 Å². The summed E-state index contributed by atoms with van der Waals surface area (Å²) in [6.45, 7) is 10.1. The number of nitrogens with zero attached hydrogens (tertiary/aromatic N) is 3. The maximum absolute atomic E-state index is 5.64. The van der Waals surface area contributed by atoms with Crippen LogP contribution in [0.25, 0.3) is 0 Å². The van der Waals surface area contributed by atoms with E-state index in [2.05, 4.69) is 40.6 Å². The smallest absolute Gasteiger partial charge is 0.134 e. The first-order chi connectivity index (χ1) is 8.70. The molecular weight excluding hydrogens is 248 g/mol. The quantitative estimate of drug-likeness (QED) is 0.886. The Bertz CT molecular complexity index is 371. The van der Waals surface area contributed by atoms with E-state index >= 15 is 0 Å². The van der Waals surface area contributed by atoms with Crippen LogP contribution in [-0.4, -0.2) is 46.3 Å². The highest BCUT2D eigenvalue weighted by molar-refractivity contribution is 7.10. The highest BCUT2D eigenvalue weighted by Crippen LogP contribution is 2.22. The van der Waals surface area contributed by atoms with Crippen molar-refractivity contribution >= 4 is 16.5 Å². The van der Waals surface area contributed by atoms with Gasteiger partial charge in [-0.3, -0.25) is 4.90 Å². The molecule has 5 nitrogen and oxygen atoms in total. The minimum atomic E-state index is 0.305. The zero-order chi connectivity index (χ0) is 13.0. The maximum atomic E-state index is 5.64. The Kier molecular flexibility index (Phi) is 4.91. The van der Waals surface area contributed by atoms with Gasteiger partial charge in [0.15, 0.2) is 0 Å². The summed E-state index contributed by atoms with van der Waals surface area (Å²) < 4.78 is 9.70. The predicted molar refractivity (Wildman–Crippen MR) is 74.0 cm³/mol. The zero-order valence-electron chi connectivity index (χ0n) is 11.3. The van der Waals surface area contributed by atoms with Gasteiger partial charge in [-0.05, 0) is 20.3 Å². The normalized spacial score (nSPS) is 25.3. The van der Waals surface area contributed by atoms with Crippen LogP contribution in [-0.2, 0) is 11.3 Å². The Labute approximate surface area is 113 Å².